The van der Waals surface area contributed by atoms with Crippen LogP contribution in [0.3, 0.4) is 0 Å². The largest absolute Gasteiger partial charge is 0.495 e. The fraction of sp³-hybridized carbons (Fsp3) is 0.370. The average molecular weight is 490 g/mol. The topological polar surface area (TPSA) is 113 Å². The minimum atomic E-state index is -0.193. The molecule has 9 heteroatoms. The molecule has 2 N–H and O–H groups in total. The number of furan rings is 1. The van der Waals surface area contributed by atoms with Gasteiger partial charge in [0.05, 0.1) is 37.7 Å². The minimum absolute atomic E-state index is 0.0380. The maximum absolute atomic E-state index is 13.0. The van der Waals surface area contributed by atoms with Gasteiger partial charge in [-0.1, -0.05) is 12.1 Å². The smallest absolute Gasteiger partial charge is 0.239 e. The van der Waals surface area contributed by atoms with Crippen molar-refractivity contribution in [2.45, 2.75) is 33.2 Å². The number of nitrogens with zero attached hydrogens (tertiary/aromatic N) is 3. The third-order valence-electron chi connectivity index (χ3n) is 6.78. The Hall–Kier alpha value is -4.03. The van der Waals surface area contributed by atoms with E-state index in [1.807, 2.05) is 59.7 Å². The van der Waals surface area contributed by atoms with Gasteiger partial charge >= 0.3 is 0 Å². The standard InChI is InChI=1S/C27H31N5O4/c1-18-19(2)32(16-21-7-6-14-36-21)26(22(18)15-28)30-25(33)17-31-12-10-20(11-13-31)27(34)29-23-8-4-5-9-24(23)35-3/h4-9,14,20H,10-13,16-17H2,1-3H3,(H,29,34)(H,30,33). The molecule has 0 aliphatic carbocycles. The first-order chi connectivity index (χ1) is 17.4. The quantitative estimate of drug-likeness (QED) is 0.496. The van der Waals surface area contributed by atoms with Crippen LogP contribution in [0.4, 0.5) is 11.5 Å². The minimum Gasteiger partial charge on any atom is -0.495 e. The van der Waals surface area contributed by atoms with Crippen molar-refractivity contribution in [2.24, 2.45) is 5.92 Å². The van der Waals surface area contributed by atoms with E-state index >= 15 is 0 Å². The molecular formula is C27H31N5O4. The number of rotatable bonds is 8. The van der Waals surface area contributed by atoms with E-state index in [9.17, 15) is 14.9 Å². The zero-order valence-corrected chi connectivity index (χ0v) is 20.8. The number of piperidine rings is 1. The zero-order valence-electron chi connectivity index (χ0n) is 20.8. The molecule has 188 valence electrons. The number of nitriles is 1. The number of aromatic nitrogens is 1. The maximum Gasteiger partial charge on any atom is 0.239 e. The molecular weight excluding hydrogens is 458 g/mol. The highest BCUT2D eigenvalue weighted by Crippen LogP contribution is 2.28. The van der Waals surface area contributed by atoms with Gasteiger partial charge in [-0.2, -0.15) is 5.26 Å². The van der Waals surface area contributed by atoms with Gasteiger partial charge in [0.1, 0.15) is 23.4 Å². The lowest BCUT2D eigenvalue weighted by Crippen LogP contribution is -2.42. The molecule has 2 amide bonds. The van der Waals surface area contributed by atoms with E-state index < -0.39 is 0 Å². The van der Waals surface area contributed by atoms with Gasteiger partial charge in [0.25, 0.3) is 0 Å². The second-order valence-electron chi connectivity index (χ2n) is 9.00. The highest BCUT2D eigenvalue weighted by atomic mass is 16.5. The van der Waals surface area contributed by atoms with Crippen LogP contribution >= 0.6 is 0 Å². The Morgan fingerprint density at radius 3 is 2.56 bits per heavy atom. The normalized spacial score (nSPS) is 14.3. The summed E-state index contributed by atoms with van der Waals surface area (Å²) in [7, 11) is 1.57. The summed E-state index contributed by atoms with van der Waals surface area (Å²) in [5, 5.41) is 15.6. The number of para-hydroxylation sites is 2. The summed E-state index contributed by atoms with van der Waals surface area (Å²) in [5.74, 6) is 1.49. The maximum atomic E-state index is 13.0. The van der Waals surface area contributed by atoms with Crippen LogP contribution in [0, 0.1) is 31.1 Å². The molecule has 1 aliphatic rings. The van der Waals surface area contributed by atoms with Gasteiger partial charge in [-0.25, -0.2) is 0 Å². The lowest BCUT2D eigenvalue weighted by molar-refractivity contribution is -0.121. The van der Waals surface area contributed by atoms with Crippen LogP contribution in [-0.2, 0) is 16.1 Å². The molecule has 1 aromatic carbocycles. The van der Waals surface area contributed by atoms with Gasteiger partial charge < -0.3 is 24.4 Å². The number of benzene rings is 1. The molecule has 0 saturated carbocycles. The highest BCUT2D eigenvalue weighted by molar-refractivity contribution is 5.94. The van der Waals surface area contributed by atoms with Crippen LogP contribution in [0.2, 0.25) is 0 Å². The van der Waals surface area contributed by atoms with E-state index in [2.05, 4.69) is 16.7 Å². The second-order valence-corrected chi connectivity index (χ2v) is 9.00. The highest BCUT2D eigenvalue weighted by Gasteiger charge is 2.27. The van der Waals surface area contributed by atoms with E-state index in [0.29, 0.717) is 55.3 Å². The van der Waals surface area contributed by atoms with Crippen LogP contribution in [0.15, 0.2) is 47.1 Å². The third kappa shape index (κ3) is 5.44. The molecule has 3 heterocycles. The Balaban J connectivity index is 1.35. The molecule has 2 aromatic heterocycles. The predicted molar refractivity (Wildman–Crippen MR) is 136 cm³/mol. The first kappa shape index (κ1) is 25.1. The van der Waals surface area contributed by atoms with Crippen molar-refractivity contribution in [1.29, 1.82) is 5.26 Å². The summed E-state index contributed by atoms with van der Waals surface area (Å²) in [5.41, 5.74) is 2.85. The van der Waals surface area contributed by atoms with Crippen molar-refractivity contribution in [2.75, 3.05) is 37.4 Å². The number of carbonyl (C=O) groups is 2. The number of amides is 2. The van der Waals surface area contributed by atoms with Crippen molar-refractivity contribution < 1.29 is 18.7 Å². The summed E-state index contributed by atoms with van der Waals surface area (Å²) in [6, 6.07) is 13.2. The fourth-order valence-electron chi connectivity index (χ4n) is 4.60. The second kappa shape index (κ2) is 11.1. The molecule has 4 rings (SSSR count). The van der Waals surface area contributed by atoms with Gasteiger partial charge in [-0.05, 0) is 69.6 Å². The molecule has 1 aliphatic heterocycles. The number of hydrogen-bond acceptors (Lipinski definition) is 6. The molecule has 9 nitrogen and oxygen atoms in total. The van der Waals surface area contributed by atoms with E-state index in [-0.39, 0.29) is 24.3 Å². The Morgan fingerprint density at radius 2 is 1.89 bits per heavy atom. The number of methoxy groups -OCH3 is 1. The molecule has 36 heavy (non-hydrogen) atoms. The zero-order chi connectivity index (χ0) is 25.7. The van der Waals surface area contributed by atoms with E-state index in [0.717, 1.165) is 17.0 Å². The van der Waals surface area contributed by atoms with Crippen molar-refractivity contribution >= 4 is 23.3 Å². The van der Waals surface area contributed by atoms with Crippen LogP contribution in [0.5, 0.6) is 5.75 Å². The number of anilines is 2. The SMILES string of the molecule is COc1ccccc1NC(=O)C1CCN(CC(=O)Nc2c(C#N)c(C)c(C)n2Cc2ccco2)CC1. The van der Waals surface area contributed by atoms with Crippen molar-refractivity contribution in [1.82, 2.24) is 9.47 Å². The van der Waals surface area contributed by atoms with Crippen molar-refractivity contribution in [3.8, 4) is 11.8 Å². The van der Waals surface area contributed by atoms with Crippen LogP contribution in [0.25, 0.3) is 0 Å². The van der Waals surface area contributed by atoms with Crippen molar-refractivity contribution in [3.05, 3.63) is 65.2 Å². The summed E-state index contributed by atoms with van der Waals surface area (Å²) >= 11 is 0. The summed E-state index contributed by atoms with van der Waals surface area (Å²) in [6.45, 7) is 5.68. The molecule has 0 bridgehead atoms. The lowest BCUT2D eigenvalue weighted by atomic mass is 9.95. The van der Waals surface area contributed by atoms with E-state index in [4.69, 9.17) is 9.15 Å². The molecule has 1 saturated heterocycles. The van der Waals surface area contributed by atoms with Gasteiger partial charge in [0, 0.05) is 11.6 Å². The van der Waals surface area contributed by atoms with Gasteiger partial charge in [-0.15, -0.1) is 0 Å². The Kier molecular flexibility index (Phi) is 7.76. The number of ether oxygens (including phenoxy) is 1. The number of carbonyl (C=O) groups excluding carboxylic acids is 2. The van der Waals surface area contributed by atoms with Gasteiger partial charge in [0.15, 0.2) is 0 Å². The van der Waals surface area contributed by atoms with Crippen LogP contribution in [-0.4, -0.2) is 48.0 Å². The Bertz CT molecular complexity index is 1260. The summed E-state index contributed by atoms with van der Waals surface area (Å²) in [4.78, 5) is 27.8. The Morgan fingerprint density at radius 1 is 1.14 bits per heavy atom. The number of nitrogens with one attached hydrogen (secondary N) is 2. The fourth-order valence-corrected chi connectivity index (χ4v) is 4.60. The van der Waals surface area contributed by atoms with Gasteiger partial charge in [0.2, 0.25) is 11.8 Å². The summed E-state index contributed by atoms with van der Waals surface area (Å²) < 4.78 is 12.7. The predicted octanol–water partition coefficient (Wildman–Crippen LogP) is 3.92. The molecule has 0 spiro atoms. The van der Waals surface area contributed by atoms with Gasteiger partial charge in [-0.3, -0.25) is 14.5 Å². The lowest BCUT2D eigenvalue weighted by Gasteiger charge is -2.30. The first-order valence-electron chi connectivity index (χ1n) is 12.0. The monoisotopic (exact) mass is 489 g/mol. The van der Waals surface area contributed by atoms with E-state index in [1.54, 1.807) is 13.4 Å². The summed E-state index contributed by atoms with van der Waals surface area (Å²) in [6.07, 6.45) is 2.92. The number of hydrogen-bond donors (Lipinski definition) is 2. The average Bonchev–Trinajstić information content (AvgIpc) is 3.47. The van der Waals surface area contributed by atoms with Crippen LogP contribution < -0.4 is 15.4 Å². The van der Waals surface area contributed by atoms with Crippen molar-refractivity contribution in [3.63, 3.8) is 0 Å². The Labute approximate surface area is 210 Å². The van der Waals surface area contributed by atoms with Crippen LogP contribution in [0.1, 0.15) is 35.4 Å². The first-order valence-corrected chi connectivity index (χ1v) is 12.0. The third-order valence-corrected chi connectivity index (χ3v) is 6.78. The van der Waals surface area contributed by atoms with E-state index in [1.165, 1.54) is 0 Å². The molecule has 0 radical (unpaired) electrons. The molecule has 3 aromatic rings. The molecule has 1 fully saturated rings. The molecule has 0 atom stereocenters. The molecule has 0 unspecified atom stereocenters. The number of likely N-dealkylation sites (tertiary alicyclic amines) is 1.